The minimum Gasteiger partial charge on any atom is -0.507 e. The maximum Gasteiger partial charge on any atom is 0.295 e. The topological polar surface area (TPSA) is 84.7 Å². The van der Waals surface area contributed by atoms with E-state index in [4.69, 9.17) is 4.74 Å². The van der Waals surface area contributed by atoms with Crippen LogP contribution in [0.3, 0.4) is 0 Å². The number of aliphatic hydroxyl groups excluding tert-OH is 1. The van der Waals surface area contributed by atoms with Gasteiger partial charge in [-0.3, -0.25) is 9.59 Å². The maximum atomic E-state index is 13.1. The van der Waals surface area contributed by atoms with Crippen molar-refractivity contribution in [3.05, 3.63) is 88.4 Å². The maximum absolute atomic E-state index is 13.1. The van der Waals surface area contributed by atoms with Gasteiger partial charge in [-0.05, 0) is 43.2 Å². The molecule has 4 rings (SSSR count). The Kier molecular flexibility index (Phi) is 6.93. The molecule has 7 nitrogen and oxygen atoms in total. The summed E-state index contributed by atoms with van der Waals surface area (Å²) >= 11 is 3.47. The third kappa shape index (κ3) is 4.85. The summed E-state index contributed by atoms with van der Waals surface area (Å²) in [6.07, 6.45) is 5.90. The van der Waals surface area contributed by atoms with Crippen molar-refractivity contribution in [2.24, 2.45) is 0 Å². The molecule has 8 heteroatoms. The first kappa shape index (κ1) is 22.8. The summed E-state index contributed by atoms with van der Waals surface area (Å²) in [4.78, 5) is 31.8. The first-order valence-electron chi connectivity index (χ1n) is 10.7. The van der Waals surface area contributed by atoms with Gasteiger partial charge in [0.1, 0.15) is 11.5 Å². The number of rotatable bonds is 8. The van der Waals surface area contributed by atoms with E-state index >= 15 is 0 Å². The molecule has 1 saturated heterocycles. The first-order valence-corrected chi connectivity index (χ1v) is 11.5. The standard InChI is InChI=1S/C25H24BrN3O4/c1-2-33-20-9-4-7-18(15-20)23(30)21-22(17-6-3-8-19(26)14-17)29(25(32)24(21)31)12-5-11-28-13-10-27-16-28/h3-4,6-10,13-16,22,30H,2,5,11-12H2,1H3/b23-21+. The molecule has 1 atom stereocenters. The predicted molar refractivity (Wildman–Crippen MR) is 128 cm³/mol. The number of amides is 1. The van der Waals surface area contributed by atoms with Crippen molar-refractivity contribution in [2.75, 3.05) is 13.2 Å². The Balaban J connectivity index is 1.74. The molecule has 3 aromatic rings. The highest BCUT2D eigenvalue weighted by molar-refractivity contribution is 9.10. The number of halogens is 1. The Bertz CT molecular complexity index is 1190. The molecule has 1 N–H and O–H groups in total. The zero-order valence-electron chi connectivity index (χ0n) is 18.1. The second kappa shape index (κ2) is 10.0. The van der Waals surface area contributed by atoms with E-state index < -0.39 is 17.7 Å². The van der Waals surface area contributed by atoms with Gasteiger partial charge in [0.25, 0.3) is 11.7 Å². The fourth-order valence-electron chi connectivity index (χ4n) is 4.03. The molecule has 1 aliphatic heterocycles. The van der Waals surface area contributed by atoms with E-state index in [1.54, 1.807) is 41.7 Å². The third-order valence-corrected chi connectivity index (χ3v) is 5.99. The van der Waals surface area contributed by atoms with Crippen LogP contribution in [-0.4, -0.2) is 44.4 Å². The Hall–Kier alpha value is -3.39. The highest BCUT2D eigenvalue weighted by Gasteiger charge is 2.45. The lowest BCUT2D eigenvalue weighted by Crippen LogP contribution is -2.31. The average molecular weight is 510 g/mol. The van der Waals surface area contributed by atoms with Gasteiger partial charge in [0.15, 0.2) is 0 Å². The highest BCUT2D eigenvalue weighted by Crippen LogP contribution is 2.40. The lowest BCUT2D eigenvalue weighted by atomic mass is 9.95. The molecule has 0 aliphatic carbocycles. The second-order valence-corrected chi connectivity index (χ2v) is 8.58. The molecule has 1 amide bonds. The van der Waals surface area contributed by atoms with Crippen LogP contribution in [0.25, 0.3) is 5.76 Å². The van der Waals surface area contributed by atoms with Crippen molar-refractivity contribution < 1.29 is 19.4 Å². The van der Waals surface area contributed by atoms with Crippen LogP contribution >= 0.6 is 15.9 Å². The van der Waals surface area contributed by atoms with Crippen LogP contribution in [0.5, 0.6) is 5.75 Å². The van der Waals surface area contributed by atoms with E-state index in [9.17, 15) is 14.7 Å². The SMILES string of the molecule is CCOc1cccc(/C(O)=C2\C(=O)C(=O)N(CCCn3ccnc3)C2c2cccc(Br)c2)c1. The Morgan fingerprint density at radius 3 is 2.70 bits per heavy atom. The molecular weight excluding hydrogens is 486 g/mol. The van der Waals surface area contributed by atoms with Gasteiger partial charge in [0.05, 0.1) is 24.5 Å². The van der Waals surface area contributed by atoms with Crippen molar-refractivity contribution >= 4 is 33.4 Å². The molecule has 2 aromatic carbocycles. The summed E-state index contributed by atoms with van der Waals surface area (Å²) in [6, 6.07) is 13.6. The van der Waals surface area contributed by atoms with Crippen molar-refractivity contribution in [2.45, 2.75) is 25.9 Å². The molecule has 1 unspecified atom stereocenters. The summed E-state index contributed by atoms with van der Waals surface area (Å²) in [5.74, 6) is -0.942. The molecule has 33 heavy (non-hydrogen) atoms. The van der Waals surface area contributed by atoms with Crippen LogP contribution in [0.15, 0.2) is 77.3 Å². The summed E-state index contributed by atoms with van der Waals surface area (Å²) in [5.41, 5.74) is 1.25. The number of carbonyl (C=O) groups is 2. The number of carbonyl (C=O) groups excluding carboxylic acids is 2. The molecule has 1 fully saturated rings. The average Bonchev–Trinajstić information content (AvgIpc) is 3.41. The number of likely N-dealkylation sites (tertiary alicyclic amines) is 1. The molecule has 0 spiro atoms. The van der Waals surface area contributed by atoms with Gasteiger partial charge in [-0.15, -0.1) is 0 Å². The Morgan fingerprint density at radius 1 is 1.15 bits per heavy atom. The summed E-state index contributed by atoms with van der Waals surface area (Å²) in [6.45, 7) is 3.36. The number of ketones is 1. The van der Waals surface area contributed by atoms with Crippen LogP contribution in [0, 0.1) is 0 Å². The molecule has 2 heterocycles. The fraction of sp³-hybridized carbons (Fsp3) is 0.240. The number of imidazole rings is 1. The van der Waals surface area contributed by atoms with E-state index in [-0.39, 0.29) is 11.3 Å². The highest BCUT2D eigenvalue weighted by atomic mass is 79.9. The van der Waals surface area contributed by atoms with Crippen molar-refractivity contribution in [3.8, 4) is 5.75 Å². The molecule has 170 valence electrons. The quantitative estimate of drug-likeness (QED) is 0.273. The lowest BCUT2D eigenvalue weighted by Gasteiger charge is -2.25. The first-order chi connectivity index (χ1) is 16.0. The number of benzene rings is 2. The van der Waals surface area contributed by atoms with Gasteiger partial charge < -0.3 is 19.3 Å². The largest absolute Gasteiger partial charge is 0.507 e. The van der Waals surface area contributed by atoms with E-state index in [0.29, 0.717) is 37.4 Å². The molecule has 0 saturated carbocycles. The zero-order chi connectivity index (χ0) is 23.4. The van der Waals surface area contributed by atoms with Crippen molar-refractivity contribution in [3.63, 3.8) is 0 Å². The van der Waals surface area contributed by atoms with E-state index in [1.807, 2.05) is 42.0 Å². The molecular formula is C25H24BrN3O4. The number of hydrogen-bond acceptors (Lipinski definition) is 5. The number of hydrogen-bond donors (Lipinski definition) is 1. The molecule has 0 bridgehead atoms. The molecule has 1 aromatic heterocycles. The van der Waals surface area contributed by atoms with Gasteiger partial charge in [-0.25, -0.2) is 4.98 Å². The van der Waals surface area contributed by atoms with Crippen molar-refractivity contribution in [1.82, 2.24) is 14.5 Å². The van der Waals surface area contributed by atoms with Crippen LogP contribution < -0.4 is 4.74 Å². The molecule has 1 aliphatic rings. The zero-order valence-corrected chi connectivity index (χ0v) is 19.7. The Labute approximate surface area is 200 Å². The lowest BCUT2D eigenvalue weighted by molar-refractivity contribution is -0.139. The van der Waals surface area contributed by atoms with Crippen LogP contribution in [0.1, 0.15) is 30.5 Å². The number of aromatic nitrogens is 2. The van der Waals surface area contributed by atoms with Gasteiger partial charge in [-0.1, -0.05) is 40.2 Å². The number of Topliss-reactive ketones (excluding diaryl/α,β-unsaturated/α-hetero) is 1. The molecule has 0 radical (unpaired) electrons. The van der Waals surface area contributed by atoms with Gasteiger partial charge in [0.2, 0.25) is 0 Å². The van der Waals surface area contributed by atoms with E-state index in [1.165, 1.54) is 0 Å². The Morgan fingerprint density at radius 2 is 1.97 bits per heavy atom. The van der Waals surface area contributed by atoms with Gasteiger partial charge >= 0.3 is 0 Å². The number of aliphatic hydroxyl groups is 1. The van der Waals surface area contributed by atoms with Gasteiger partial charge in [0, 0.05) is 35.5 Å². The summed E-state index contributed by atoms with van der Waals surface area (Å²) in [5, 5.41) is 11.2. The smallest absolute Gasteiger partial charge is 0.295 e. The van der Waals surface area contributed by atoms with Crippen LogP contribution in [-0.2, 0) is 16.1 Å². The minimum absolute atomic E-state index is 0.0781. The summed E-state index contributed by atoms with van der Waals surface area (Å²) in [7, 11) is 0. The number of ether oxygens (including phenoxy) is 1. The summed E-state index contributed by atoms with van der Waals surface area (Å²) < 4.78 is 8.28. The van der Waals surface area contributed by atoms with E-state index in [0.717, 1.165) is 10.0 Å². The number of aryl methyl sites for hydroxylation is 1. The normalized spacial score (nSPS) is 17.5. The predicted octanol–water partition coefficient (Wildman–Crippen LogP) is 4.56. The van der Waals surface area contributed by atoms with Crippen molar-refractivity contribution in [1.29, 1.82) is 0 Å². The van der Waals surface area contributed by atoms with E-state index in [2.05, 4.69) is 20.9 Å². The monoisotopic (exact) mass is 509 g/mol. The minimum atomic E-state index is -0.693. The van der Waals surface area contributed by atoms with Crippen LogP contribution in [0.4, 0.5) is 0 Å². The van der Waals surface area contributed by atoms with Crippen LogP contribution in [0.2, 0.25) is 0 Å². The second-order valence-electron chi connectivity index (χ2n) is 7.66. The fourth-order valence-corrected chi connectivity index (χ4v) is 4.45. The third-order valence-electron chi connectivity index (χ3n) is 5.50. The number of nitrogens with zero attached hydrogens (tertiary/aromatic N) is 3. The van der Waals surface area contributed by atoms with Gasteiger partial charge in [-0.2, -0.15) is 0 Å².